The van der Waals surface area contributed by atoms with Crippen molar-refractivity contribution in [2.75, 3.05) is 26.2 Å². The average Bonchev–Trinajstić information content (AvgIpc) is 2.49. The first-order valence-corrected chi connectivity index (χ1v) is 8.94. The Morgan fingerprint density at radius 1 is 1.09 bits per heavy atom. The van der Waals surface area contributed by atoms with Gasteiger partial charge in [-0.25, -0.2) is 4.39 Å². The second kappa shape index (κ2) is 8.62. The first kappa shape index (κ1) is 18.2. The molecule has 1 aromatic rings. The van der Waals surface area contributed by atoms with Crippen LogP contribution in [0.3, 0.4) is 0 Å². The van der Waals surface area contributed by atoms with Crippen LogP contribution < -0.4 is 5.32 Å². The molecule has 2 aliphatic rings. The van der Waals surface area contributed by atoms with Gasteiger partial charge in [-0.1, -0.05) is 35.2 Å². The lowest BCUT2D eigenvalue weighted by Gasteiger charge is -2.41. The molecule has 1 N–H and O–H groups in total. The Balaban J connectivity index is 0.00000176. The summed E-state index contributed by atoms with van der Waals surface area (Å²) in [5, 5.41) is 3.42. The quantitative estimate of drug-likeness (QED) is 0.814. The van der Waals surface area contributed by atoms with Crippen LogP contribution in [-0.2, 0) is 0 Å². The Morgan fingerprint density at radius 3 is 2.41 bits per heavy atom. The minimum Gasteiger partial charge on any atom is -0.314 e. The molecule has 0 radical (unpaired) electrons. The number of nitrogens with zero attached hydrogens (tertiary/aromatic N) is 1. The Kier molecular flexibility index (Phi) is 7.13. The van der Waals surface area contributed by atoms with E-state index in [1.165, 1.54) is 32.1 Å². The van der Waals surface area contributed by atoms with E-state index in [0.29, 0.717) is 12.0 Å². The number of hydrogen-bond acceptors (Lipinski definition) is 2. The summed E-state index contributed by atoms with van der Waals surface area (Å²) in [4.78, 5) is 2.56. The predicted octanol–water partition coefficient (Wildman–Crippen LogP) is 4.54. The Bertz CT molecular complexity index is 435. The second-order valence-corrected chi connectivity index (χ2v) is 7.25. The third-order valence-electron chi connectivity index (χ3n) is 4.87. The summed E-state index contributed by atoms with van der Waals surface area (Å²) in [7, 11) is 0. The van der Waals surface area contributed by atoms with Crippen LogP contribution >= 0.6 is 28.3 Å². The van der Waals surface area contributed by atoms with E-state index in [4.69, 9.17) is 0 Å². The highest BCUT2D eigenvalue weighted by Crippen LogP contribution is 2.39. The average molecular weight is 392 g/mol. The van der Waals surface area contributed by atoms with Gasteiger partial charge in [0.1, 0.15) is 5.82 Å². The Hall–Kier alpha value is -0.160. The highest BCUT2D eigenvalue weighted by atomic mass is 79.9. The molecule has 22 heavy (non-hydrogen) atoms. The van der Waals surface area contributed by atoms with Crippen molar-refractivity contribution < 1.29 is 4.39 Å². The SMILES string of the molecule is Cl.Fc1cc(Br)cc([C@@H](C2CCCCC2)N2CCNCC2)c1. The highest BCUT2D eigenvalue weighted by Gasteiger charge is 2.31. The molecule has 0 amide bonds. The van der Waals surface area contributed by atoms with E-state index < -0.39 is 0 Å². The summed E-state index contributed by atoms with van der Waals surface area (Å²) < 4.78 is 14.7. The van der Waals surface area contributed by atoms with Gasteiger partial charge in [0.2, 0.25) is 0 Å². The zero-order valence-electron chi connectivity index (χ0n) is 12.9. The number of piperazine rings is 1. The molecule has 0 spiro atoms. The smallest absolute Gasteiger partial charge is 0.124 e. The molecule has 1 heterocycles. The molecule has 0 bridgehead atoms. The first-order valence-electron chi connectivity index (χ1n) is 8.15. The topological polar surface area (TPSA) is 15.3 Å². The van der Waals surface area contributed by atoms with Crippen LogP contribution in [-0.4, -0.2) is 31.1 Å². The standard InChI is InChI=1S/C17H24BrFN2.ClH/c18-15-10-14(11-16(19)12-15)17(13-4-2-1-3-5-13)21-8-6-20-7-9-21;/h10-13,17,20H,1-9H2;1H/t17-;/m1./s1. The fourth-order valence-electron chi connectivity index (χ4n) is 3.94. The molecule has 3 rings (SSSR count). The van der Waals surface area contributed by atoms with E-state index in [1.54, 1.807) is 12.1 Å². The number of hydrogen-bond donors (Lipinski definition) is 1. The number of benzene rings is 1. The van der Waals surface area contributed by atoms with Crippen molar-refractivity contribution >= 4 is 28.3 Å². The van der Waals surface area contributed by atoms with Crippen molar-refractivity contribution in [3.05, 3.63) is 34.1 Å². The third kappa shape index (κ3) is 4.44. The van der Waals surface area contributed by atoms with Crippen LogP contribution in [0.2, 0.25) is 0 Å². The summed E-state index contributed by atoms with van der Waals surface area (Å²) in [6, 6.07) is 5.79. The van der Waals surface area contributed by atoms with Gasteiger partial charge in [0.15, 0.2) is 0 Å². The predicted molar refractivity (Wildman–Crippen MR) is 95.1 cm³/mol. The van der Waals surface area contributed by atoms with Crippen LogP contribution in [0, 0.1) is 11.7 Å². The van der Waals surface area contributed by atoms with E-state index in [1.807, 2.05) is 0 Å². The zero-order chi connectivity index (χ0) is 14.7. The molecule has 2 nitrogen and oxygen atoms in total. The van der Waals surface area contributed by atoms with E-state index in [-0.39, 0.29) is 18.2 Å². The van der Waals surface area contributed by atoms with E-state index in [2.05, 4.69) is 32.2 Å². The van der Waals surface area contributed by atoms with Gasteiger partial charge in [0.05, 0.1) is 0 Å². The Labute approximate surface area is 147 Å². The van der Waals surface area contributed by atoms with Gasteiger partial charge >= 0.3 is 0 Å². The lowest BCUT2D eigenvalue weighted by atomic mass is 9.80. The molecule has 0 aromatic heterocycles. The molecule has 1 aliphatic carbocycles. The largest absolute Gasteiger partial charge is 0.314 e. The van der Waals surface area contributed by atoms with Gasteiger partial charge < -0.3 is 5.32 Å². The molecule has 1 saturated carbocycles. The van der Waals surface area contributed by atoms with Crippen molar-refractivity contribution in [1.29, 1.82) is 0 Å². The lowest BCUT2D eigenvalue weighted by Crippen LogP contribution is -2.47. The molecule has 1 aromatic carbocycles. The molecule has 1 atom stereocenters. The Morgan fingerprint density at radius 2 is 1.77 bits per heavy atom. The minimum atomic E-state index is -0.129. The maximum atomic E-state index is 13.9. The molecule has 124 valence electrons. The number of rotatable bonds is 3. The molecule has 2 fully saturated rings. The number of halogens is 3. The lowest BCUT2D eigenvalue weighted by molar-refractivity contribution is 0.103. The third-order valence-corrected chi connectivity index (χ3v) is 5.33. The molecule has 1 aliphatic heterocycles. The van der Waals surface area contributed by atoms with E-state index >= 15 is 0 Å². The second-order valence-electron chi connectivity index (χ2n) is 6.33. The molecule has 0 unspecified atom stereocenters. The van der Waals surface area contributed by atoms with Crippen LogP contribution in [0.15, 0.2) is 22.7 Å². The van der Waals surface area contributed by atoms with E-state index in [9.17, 15) is 4.39 Å². The van der Waals surface area contributed by atoms with Gasteiger partial charge in [-0.05, 0) is 42.5 Å². The fraction of sp³-hybridized carbons (Fsp3) is 0.647. The normalized spacial score (nSPS) is 22.1. The minimum absolute atomic E-state index is 0. The first-order chi connectivity index (χ1) is 10.2. The summed E-state index contributed by atoms with van der Waals surface area (Å²) in [5.41, 5.74) is 1.15. The molecule has 5 heteroatoms. The van der Waals surface area contributed by atoms with Crippen LogP contribution in [0.1, 0.15) is 43.7 Å². The van der Waals surface area contributed by atoms with Gasteiger partial charge in [0.25, 0.3) is 0 Å². The van der Waals surface area contributed by atoms with Crippen molar-refractivity contribution in [2.45, 2.75) is 38.1 Å². The molecular weight excluding hydrogens is 367 g/mol. The van der Waals surface area contributed by atoms with Crippen molar-refractivity contribution in [3.8, 4) is 0 Å². The van der Waals surface area contributed by atoms with Gasteiger partial charge in [-0.3, -0.25) is 4.90 Å². The fourth-order valence-corrected chi connectivity index (χ4v) is 4.42. The monoisotopic (exact) mass is 390 g/mol. The van der Waals surface area contributed by atoms with Crippen molar-refractivity contribution in [3.63, 3.8) is 0 Å². The molecule has 1 saturated heterocycles. The summed E-state index contributed by atoms with van der Waals surface area (Å²) >= 11 is 3.46. The highest BCUT2D eigenvalue weighted by molar-refractivity contribution is 9.10. The van der Waals surface area contributed by atoms with Crippen molar-refractivity contribution in [1.82, 2.24) is 10.2 Å². The van der Waals surface area contributed by atoms with Gasteiger partial charge in [-0.15, -0.1) is 12.4 Å². The van der Waals surface area contributed by atoms with E-state index in [0.717, 1.165) is 36.2 Å². The van der Waals surface area contributed by atoms with Gasteiger partial charge in [-0.2, -0.15) is 0 Å². The van der Waals surface area contributed by atoms with Crippen molar-refractivity contribution in [2.24, 2.45) is 5.92 Å². The molecular formula is C17H25BrClFN2. The van der Waals surface area contributed by atoms with Crippen LogP contribution in [0.4, 0.5) is 4.39 Å². The number of nitrogens with one attached hydrogen (secondary N) is 1. The summed E-state index contributed by atoms with van der Waals surface area (Å²) in [6.45, 7) is 4.21. The summed E-state index contributed by atoms with van der Waals surface area (Å²) in [6.07, 6.45) is 6.57. The maximum absolute atomic E-state index is 13.9. The van der Waals surface area contributed by atoms with Crippen LogP contribution in [0.5, 0.6) is 0 Å². The summed E-state index contributed by atoms with van der Waals surface area (Å²) in [5.74, 6) is 0.542. The maximum Gasteiger partial charge on any atom is 0.124 e. The zero-order valence-corrected chi connectivity index (χ0v) is 15.3. The van der Waals surface area contributed by atoms with Crippen LogP contribution in [0.25, 0.3) is 0 Å². The van der Waals surface area contributed by atoms with Gasteiger partial charge in [0, 0.05) is 36.7 Å².